The molecule has 6 heteroatoms. The number of nitrogens with zero attached hydrogens (tertiary/aromatic N) is 4. The van der Waals surface area contributed by atoms with Gasteiger partial charge in [-0.1, -0.05) is 35.5 Å². The van der Waals surface area contributed by atoms with Gasteiger partial charge in [0, 0.05) is 12.6 Å². The fourth-order valence-electron chi connectivity index (χ4n) is 1.96. The molecule has 6 nitrogen and oxygen atoms in total. The highest BCUT2D eigenvalue weighted by Crippen LogP contribution is 2.16. The maximum atomic E-state index is 8.63. The summed E-state index contributed by atoms with van der Waals surface area (Å²) in [6, 6.07) is 10.5. The summed E-state index contributed by atoms with van der Waals surface area (Å²) < 4.78 is 0. The van der Waals surface area contributed by atoms with E-state index in [2.05, 4.69) is 46.0 Å². The van der Waals surface area contributed by atoms with Crippen LogP contribution < -0.4 is 10.6 Å². The fraction of sp³-hybridized carbons (Fsp3) is 0.267. The Kier molecular flexibility index (Phi) is 4.71. The number of hydrogen-bond donors (Lipinski definition) is 2. The first-order chi connectivity index (χ1) is 10.1. The molecule has 0 aliphatic rings. The van der Waals surface area contributed by atoms with Crippen LogP contribution in [0.25, 0.3) is 0 Å². The Hall–Kier alpha value is -2.63. The van der Waals surface area contributed by atoms with Gasteiger partial charge in [-0.05, 0) is 19.4 Å². The third-order valence-electron chi connectivity index (χ3n) is 3.12. The Labute approximate surface area is 123 Å². The van der Waals surface area contributed by atoms with Crippen LogP contribution in [0.2, 0.25) is 0 Å². The van der Waals surface area contributed by atoms with Crippen LogP contribution in [0.3, 0.4) is 0 Å². The molecule has 0 atom stereocenters. The average molecular weight is 285 g/mol. The highest BCUT2D eigenvalue weighted by atomic mass is 16.4. The molecule has 0 radical (unpaired) electrons. The van der Waals surface area contributed by atoms with E-state index < -0.39 is 0 Å². The molecule has 1 aromatic carbocycles. The van der Waals surface area contributed by atoms with Gasteiger partial charge in [-0.25, -0.2) is 9.97 Å². The van der Waals surface area contributed by atoms with E-state index in [1.54, 1.807) is 6.20 Å². The normalized spacial score (nSPS) is 11.7. The second kappa shape index (κ2) is 6.69. The van der Waals surface area contributed by atoms with Crippen molar-refractivity contribution in [1.29, 1.82) is 0 Å². The van der Waals surface area contributed by atoms with Crippen LogP contribution in [0.5, 0.6) is 0 Å². The largest absolute Gasteiger partial charge is 0.409 e. The molecule has 0 fully saturated rings. The molecule has 3 N–H and O–H groups in total. The number of benzene rings is 1. The van der Waals surface area contributed by atoms with Crippen LogP contribution >= 0.6 is 0 Å². The van der Waals surface area contributed by atoms with Crippen molar-refractivity contribution in [3.63, 3.8) is 0 Å². The van der Waals surface area contributed by atoms with E-state index in [1.165, 1.54) is 11.8 Å². The van der Waals surface area contributed by atoms with Gasteiger partial charge in [-0.15, -0.1) is 0 Å². The molecule has 0 spiro atoms. The molecular weight excluding hydrogens is 266 g/mol. The van der Waals surface area contributed by atoms with Crippen molar-refractivity contribution in [2.75, 3.05) is 4.90 Å². The minimum Gasteiger partial charge on any atom is -0.409 e. The summed E-state index contributed by atoms with van der Waals surface area (Å²) in [5.74, 6) is 0.705. The van der Waals surface area contributed by atoms with Crippen molar-refractivity contribution in [2.24, 2.45) is 10.9 Å². The lowest BCUT2D eigenvalue weighted by atomic mass is 10.2. The Balaban J connectivity index is 2.22. The smallest absolute Gasteiger partial charge is 0.190 e. The molecule has 0 aliphatic heterocycles. The Bertz CT molecular complexity index is 595. The quantitative estimate of drug-likeness (QED) is 0.379. The van der Waals surface area contributed by atoms with E-state index >= 15 is 0 Å². The first kappa shape index (κ1) is 14.8. The van der Waals surface area contributed by atoms with Crippen LogP contribution in [0.4, 0.5) is 5.82 Å². The van der Waals surface area contributed by atoms with Gasteiger partial charge in [0.15, 0.2) is 5.84 Å². The molecule has 1 aromatic heterocycles. The lowest BCUT2D eigenvalue weighted by Crippen LogP contribution is -2.31. The van der Waals surface area contributed by atoms with Crippen LogP contribution in [0.1, 0.15) is 25.1 Å². The maximum Gasteiger partial charge on any atom is 0.190 e. The first-order valence-corrected chi connectivity index (χ1v) is 6.72. The zero-order chi connectivity index (χ0) is 15.2. The van der Waals surface area contributed by atoms with Crippen LogP contribution in [-0.2, 0) is 6.54 Å². The molecule has 0 unspecified atom stereocenters. The predicted molar refractivity (Wildman–Crippen MR) is 82.3 cm³/mol. The van der Waals surface area contributed by atoms with Gasteiger partial charge in [0.05, 0.1) is 12.4 Å². The van der Waals surface area contributed by atoms with Crippen LogP contribution in [-0.4, -0.2) is 27.1 Å². The molecule has 0 saturated carbocycles. The van der Waals surface area contributed by atoms with E-state index in [0.717, 1.165) is 12.4 Å². The highest BCUT2D eigenvalue weighted by Gasteiger charge is 2.13. The molecule has 1 heterocycles. The number of amidine groups is 1. The summed E-state index contributed by atoms with van der Waals surface area (Å²) in [6.45, 7) is 4.94. The second-order valence-corrected chi connectivity index (χ2v) is 4.95. The Morgan fingerprint density at radius 2 is 1.95 bits per heavy atom. The van der Waals surface area contributed by atoms with Crippen LogP contribution in [0.15, 0.2) is 47.9 Å². The minimum absolute atomic E-state index is 0.0480. The summed E-state index contributed by atoms with van der Waals surface area (Å²) in [7, 11) is 0. The van der Waals surface area contributed by atoms with Gasteiger partial charge in [0.2, 0.25) is 0 Å². The number of anilines is 1. The lowest BCUT2D eigenvalue weighted by Gasteiger charge is -2.27. The van der Waals surface area contributed by atoms with Crippen LogP contribution in [0, 0.1) is 0 Å². The van der Waals surface area contributed by atoms with E-state index in [1.807, 2.05) is 18.2 Å². The summed E-state index contributed by atoms with van der Waals surface area (Å²) in [6.07, 6.45) is 3.14. The van der Waals surface area contributed by atoms with Crippen molar-refractivity contribution in [2.45, 2.75) is 26.4 Å². The third kappa shape index (κ3) is 3.68. The Morgan fingerprint density at radius 1 is 1.24 bits per heavy atom. The summed E-state index contributed by atoms with van der Waals surface area (Å²) in [5, 5.41) is 11.5. The Morgan fingerprint density at radius 3 is 2.48 bits per heavy atom. The number of oxime groups is 1. The van der Waals surface area contributed by atoms with Crippen molar-refractivity contribution >= 4 is 11.7 Å². The van der Waals surface area contributed by atoms with Crippen molar-refractivity contribution in [1.82, 2.24) is 9.97 Å². The SMILES string of the molecule is CC(C)N(Cc1ccccc1)c1cnc(C(N)=NO)cn1. The second-order valence-electron chi connectivity index (χ2n) is 4.95. The van der Waals surface area contributed by atoms with E-state index in [-0.39, 0.29) is 11.9 Å². The summed E-state index contributed by atoms with van der Waals surface area (Å²) in [4.78, 5) is 10.7. The highest BCUT2D eigenvalue weighted by molar-refractivity contribution is 5.94. The molecule has 0 amide bonds. The lowest BCUT2D eigenvalue weighted by molar-refractivity contribution is 0.318. The van der Waals surface area contributed by atoms with Gasteiger partial charge in [0.1, 0.15) is 11.5 Å². The first-order valence-electron chi connectivity index (χ1n) is 6.72. The fourth-order valence-corrected chi connectivity index (χ4v) is 1.96. The topological polar surface area (TPSA) is 87.6 Å². The van der Waals surface area contributed by atoms with Gasteiger partial charge in [-0.3, -0.25) is 0 Å². The summed E-state index contributed by atoms with van der Waals surface area (Å²) in [5.41, 5.74) is 7.04. The molecule has 110 valence electrons. The van der Waals surface area contributed by atoms with E-state index in [4.69, 9.17) is 10.9 Å². The number of rotatable bonds is 5. The molecule has 0 aliphatic carbocycles. The van der Waals surface area contributed by atoms with Crippen molar-refractivity contribution < 1.29 is 5.21 Å². The predicted octanol–water partition coefficient (Wildman–Crippen LogP) is 1.99. The number of nitrogens with two attached hydrogens (primary N) is 1. The van der Waals surface area contributed by atoms with Gasteiger partial charge < -0.3 is 15.8 Å². The third-order valence-corrected chi connectivity index (χ3v) is 3.12. The molecule has 0 bridgehead atoms. The molecule has 2 rings (SSSR count). The number of hydrogen-bond acceptors (Lipinski definition) is 5. The molecule has 0 saturated heterocycles. The van der Waals surface area contributed by atoms with Gasteiger partial charge in [0.25, 0.3) is 0 Å². The van der Waals surface area contributed by atoms with E-state index in [9.17, 15) is 0 Å². The molecular formula is C15H19N5O. The maximum absolute atomic E-state index is 8.63. The van der Waals surface area contributed by atoms with E-state index in [0.29, 0.717) is 5.69 Å². The zero-order valence-electron chi connectivity index (χ0n) is 12.1. The minimum atomic E-state index is -0.0480. The van der Waals surface area contributed by atoms with Crippen molar-refractivity contribution in [3.8, 4) is 0 Å². The van der Waals surface area contributed by atoms with Crippen molar-refractivity contribution in [3.05, 3.63) is 54.0 Å². The standard InChI is InChI=1S/C15H19N5O/c1-11(2)20(10-12-6-4-3-5-7-12)14-9-17-13(8-18-14)15(16)19-21/h3-9,11,21H,10H2,1-2H3,(H2,16,19). The van der Waals surface area contributed by atoms with Gasteiger partial charge >= 0.3 is 0 Å². The molecule has 21 heavy (non-hydrogen) atoms. The monoisotopic (exact) mass is 285 g/mol. The number of aromatic nitrogens is 2. The average Bonchev–Trinajstić information content (AvgIpc) is 2.53. The van der Waals surface area contributed by atoms with Gasteiger partial charge in [-0.2, -0.15) is 0 Å². The summed E-state index contributed by atoms with van der Waals surface area (Å²) >= 11 is 0. The molecule has 2 aromatic rings. The zero-order valence-corrected chi connectivity index (χ0v) is 12.1.